The molecule has 176 valence electrons. The fourth-order valence-corrected chi connectivity index (χ4v) is 7.06. The smallest absolute Gasteiger partial charge is 0.144 e. The molecule has 0 fully saturated rings. The number of hydrogen-bond donors (Lipinski definition) is 0. The van der Waals surface area contributed by atoms with Crippen molar-refractivity contribution < 1.29 is 4.63 Å². The van der Waals surface area contributed by atoms with Crippen molar-refractivity contribution in [3.05, 3.63) is 45.8 Å². The van der Waals surface area contributed by atoms with Crippen LogP contribution in [-0.4, -0.2) is 10.3 Å². The molecular weight excluding hydrogens is 444 g/mol. The highest BCUT2D eigenvalue weighted by molar-refractivity contribution is 7.24. The molecule has 4 rings (SSSR count). The van der Waals surface area contributed by atoms with Crippen LogP contribution in [-0.2, 0) is 12.8 Å². The van der Waals surface area contributed by atoms with Crippen LogP contribution in [0.1, 0.15) is 86.8 Å². The Morgan fingerprint density at radius 1 is 0.727 bits per heavy atom. The molecular formula is C28H36N2OS2. The van der Waals surface area contributed by atoms with E-state index in [1.807, 2.05) is 22.7 Å². The number of hydrogen-bond acceptors (Lipinski definition) is 5. The van der Waals surface area contributed by atoms with E-state index >= 15 is 0 Å². The van der Waals surface area contributed by atoms with Crippen molar-refractivity contribution in [2.45, 2.75) is 91.9 Å². The number of fused-ring (bicyclic) bond motifs is 1. The molecule has 0 spiro atoms. The van der Waals surface area contributed by atoms with Crippen LogP contribution in [0.4, 0.5) is 0 Å². The first-order valence-corrected chi connectivity index (χ1v) is 14.2. The van der Waals surface area contributed by atoms with Crippen molar-refractivity contribution in [3.63, 3.8) is 0 Å². The van der Waals surface area contributed by atoms with Crippen molar-refractivity contribution in [3.8, 4) is 20.2 Å². The summed E-state index contributed by atoms with van der Waals surface area (Å²) in [5.74, 6) is 0. The van der Waals surface area contributed by atoms with Crippen LogP contribution < -0.4 is 0 Å². The first kappa shape index (κ1) is 24.2. The largest absolute Gasteiger partial charge is 0.243 e. The summed E-state index contributed by atoms with van der Waals surface area (Å²) in [6.45, 7) is 8.88. The molecule has 0 unspecified atom stereocenters. The Hall–Kier alpha value is -1.98. The van der Waals surface area contributed by atoms with Gasteiger partial charge in [0.1, 0.15) is 11.0 Å². The number of aromatic nitrogens is 2. The molecule has 3 nitrogen and oxygen atoms in total. The maximum Gasteiger partial charge on any atom is 0.144 e. The van der Waals surface area contributed by atoms with E-state index < -0.39 is 0 Å². The van der Waals surface area contributed by atoms with Crippen LogP contribution in [0, 0.1) is 13.8 Å². The molecule has 0 N–H and O–H groups in total. The lowest BCUT2D eigenvalue weighted by Gasteiger charge is -2.06. The lowest BCUT2D eigenvalue weighted by atomic mass is 10.0. The molecule has 0 bridgehead atoms. The maximum absolute atomic E-state index is 5.11. The van der Waals surface area contributed by atoms with Crippen LogP contribution in [0.3, 0.4) is 0 Å². The zero-order valence-corrected chi connectivity index (χ0v) is 22.1. The Balaban J connectivity index is 1.72. The van der Waals surface area contributed by atoms with Crippen molar-refractivity contribution in [2.24, 2.45) is 0 Å². The highest BCUT2D eigenvalue weighted by Crippen LogP contribution is 2.45. The predicted octanol–water partition coefficient (Wildman–Crippen LogP) is 9.54. The molecule has 4 aromatic rings. The van der Waals surface area contributed by atoms with Gasteiger partial charge in [-0.15, -0.1) is 22.7 Å². The number of benzene rings is 1. The lowest BCUT2D eigenvalue weighted by molar-refractivity contribution is 0.315. The zero-order chi connectivity index (χ0) is 23.2. The average Bonchev–Trinajstić information content (AvgIpc) is 3.53. The van der Waals surface area contributed by atoms with Gasteiger partial charge in [0, 0.05) is 25.1 Å². The highest BCUT2D eigenvalue weighted by Gasteiger charge is 2.20. The van der Waals surface area contributed by atoms with E-state index in [0.717, 1.165) is 28.6 Å². The Bertz CT molecular complexity index is 1180. The van der Waals surface area contributed by atoms with Gasteiger partial charge in [-0.2, -0.15) is 0 Å². The second-order valence-electron chi connectivity index (χ2n) is 9.19. The zero-order valence-electron chi connectivity index (χ0n) is 20.5. The normalized spacial score (nSPS) is 11.6. The summed E-state index contributed by atoms with van der Waals surface area (Å²) in [5.41, 5.74) is 7.02. The Morgan fingerprint density at radius 3 is 2.06 bits per heavy atom. The summed E-state index contributed by atoms with van der Waals surface area (Å²) >= 11 is 3.90. The van der Waals surface area contributed by atoms with Gasteiger partial charge in [0.2, 0.25) is 0 Å². The quantitative estimate of drug-likeness (QED) is 0.189. The van der Waals surface area contributed by atoms with Crippen molar-refractivity contribution in [1.82, 2.24) is 10.3 Å². The van der Waals surface area contributed by atoms with Gasteiger partial charge in [-0.1, -0.05) is 64.5 Å². The third-order valence-corrected chi connectivity index (χ3v) is 8.90. The lowest BCUT2D eigenvalue weighted by Crippen LogP contribution is -1.89. The van der Waals surface area contributed by atoms with Gasteiger partial charge in [-0.05, 0) is 78.7 Å². The van der Waals surface area contributed by atoms with E-state index in [2.05, 4.69) is 62.3 Å². The molecule has 3 aromatic heterocycles. The van der Waals surface area contributed by atoms with Gasteiger partial charge in [-0.25, -0.2) is 4.63 Å². The highest BCUT2D eigenvalue weighted by atomic mass is 32.1. The fraction of sp³-hybridized carbons (Fsp3) is 0.500. The predicted molar refractivity (Wildman–Crippen MR) is 144 cm³/mol. The van der Waals surface area contributed by atoms with Crippen LogP contribution in [0.15, 0.2) is 28.9 Å². The molecule has 0 aliphatic carbocycles. The number of unbranched alkanes of at least 4 members (excludes halogenated alkanes) is 6. The summed E-state index contributed by atoms with van der Waals surface area (Å²) in [7, 11) is 0. The van der Waals surface area contributed by atoms with Crippen LogP contribution in [0.25, 0.3) is 31.2 Å². The number of thiophene rings is 2. The third-order valence-electron chi connectivity index (χ3n) is 6.43. The van der Waals surface area contributed by atoms with E-state index in [1.54, 1.807) is 0 Å². The second-order valence-corrected chi connectivity index (χ2v) is 11.5. The number of nitrogens with zero attached hydrogens (tertiary/aromatic N) is 2. The number of aryl methyl sites for hydroxylation is 4. The molecule has 5 heteroatoms. The SMILES string of the molecule is CCCCCCc1cc(C)sc1-c1sc(-c2ccc(C)c3nonc23)cc1CCCCCC. The summed E-state index contributed by atoms with van der Waals surface area (Å²) < 4.78 is 5.11. The van der Waals surface area contributed by atoms with Crippen molar-refractivity contribution in [2.75, 3.05) is 0 Å². The molecule has 0 aliphatic rings. The second kappa shape index (κ2) is 11.4. The summed E-state index contributed by atoms with van der Waals surface area (Å²) in [4.78, 5) is 5.66. The third kappa shape index (κ3) is 5.58. The Kier molecular flexibility index (Phi) is 8.37. The van der Waals surface area contributed by atoms with Gasteiger partial charge in [0.15, 0.2) is 0 Å². The number of rotatable bonds is 12. The minimum absolute atomic E-state index is 0.871. The van der Waals surface area contributed by atoms with E-state index in [-0.39, 0.29) is 0 Å². The first-order chi connectivity index (χ1) is 16.1. The Morgan fingerprint density at radius 2 is 1.36 bits per heavy atom. The summed E-state index contributed by atoms with van der Waals surface area (Å²) in [6.07, 6.45) is 12.7. The van der Waals surface area contributed by atoms with Gasteiger partial charge in [0.25, 0.3) is 0 Å². The van der Waals surface area contributed by atoms with E-state index in [0.29, 0.717) is 0 Å². The molecule has 0 amide bonds. The van der Waals surface area contributed by atoms with E-state index in [4.69, 9.17) is 4.63 Å². The fourth-order valence-electron chi connectivity index (χ4n) is 4.56. The molecule has 3 heterocycles. The van der Waals surface area contributed by atoms with Gasteiger partial charge in [-0.3, -0.25) is 0 Å². The molecule has 0 atom stereocenters. The van der Waals surface area contributed by atoms with Crippen molar-refractivity contribution in [1.29, 1.82) is 0 Å². The van der Waals surface area contributed by atoms with E-state index in [9.17, 15) is 0 Å². The topological polar surface area (TPSA) is 38.9 Å². The van der Waals surface area contributed by atoms with E-state index in [1.165, 1.54) is 88.4 Å². The molecule has 0 saturated carbocycles. The molecule has 1 aromatic carbocycles. The van der Waals surface area contributed by atoms with Gasteiger partial charge in [0.05, 0.1) is 0 Å². The van der Waals surface area contributed by atoms with Crippen LogP contribution >= 0.6 is 22.7 Å². The van der Waals surface area contributed by atoms with Crippen molar-refractivity contribution >= 4 is 33.7 Å². The van der Waals surface area contributed by atoms with Crippen LogP contribution in [0.2, 0.25) is 0 Å². The Labute approximate surface area is 206 Å². The summed E-state index contributed by atoms with van der Waals surface area (Å²) in [5, 5.41) is 8.41. The molecule has 0 radical (unpaired) electrons. The summed E-state index contributed by atoms with van der Waals surface area (Å²) in [6, 6.07) is 9.17. The van der Waals surface area contributed by atoms with Crippen LogP contribution in [0.5, 0.6) is 0 Å². The molecule has 33 heavy (non-hydrogen) atoms. The monoisotopic (exact) mass is 480 g/mol. The molecule has 0 saturated heterocycles. The van der Waals surface area contributed by atoms with Gasteiger partial charge < -0.3 is 0 Å². The average molecular weight is 481 g/mol. The molecule has 0 aliphatic heterocycles. The van der Waals surface area contributed by atoms with Gasteiger partial charge >= 0.3 is 0 Å². The minimum atomic E-state index is 0.871. The first-order valence-electron chi connectivity index (χ1n) is 12.6. The standard InChI is InChI=1S/C28H36N2OS2/c1-5-7-9-11-13-21-17-20(4)32-27(21)28-22(14-12-10-8-6-2)18-24(33-28)23-16-15-19(3)25-26(23)30-31-29-25/h15-18H,5-14H2,1-4H3. The minimum Gasteiger partial charge on any atom is -0.243 e. The maximum atomic E-state index is 5.11.